The summed E-state index contributed by atoms with van der Waals surface area (Å²) in [6, 6.07) is 0. The van der Waals surface area contributed by atoms with Crippen LogP contribution in [0.1, 0.15) is 38.5 Å². The smallest absolute Gasteiger partial charge is 0.317 e. The van der Waals surface area contributed by atoms with Crippen molar-refractivity contribution in [2.75, 3.05) is 32.7 Å². The van der Waals surface area contributed by atoms with Crippen LogP contribution < -0.4 is 5.32 Å². The average molecular weight is 270 g/mol. The summed E-state index contributed by atoms with van der Waals surface area (Å²) in [5.41, 5.74) is -0.462. The van der Waals surface area contributed by atoms with Gasteiger partial charge >= 0.3 is 5.97 Å². The van der Waals surface area contributed by atoms with Crippen molar-refractivity contribution in [3.05, 3.63) is 0 Å². The van der Waals surface area contributed by atoms with Gasteiger partial charge in [-0.15, -0.1) is 0 Å². The molecule has 19 heavy (non-hydrogen) atoms. The molecule has 2 fully saturated rings. The van der Waals surface area contributed by atoms with Gasteiger partial charge in [0.15, 0.2) is 0 Å². The molecule has 1 aliphatic carbocycles. The zero-order chi connectivity index (χ0) is 13.7. The molecular weight excluding hydrogens is 244 g/mol. The molecule has 110 valence electrons. The molecule has 3 N–H and O–H groups in total. The number of aliphatic hydroxyl groups is 1. The van der Waals surface area contributed by atoms with Crippen LogP contribution >= 0.6 is 0 Å². The molecule has 0 amide bonds. The molecule has 0 bridgehead atoms. The van der Waals surface area contributed by atoms with Gasteiger partial charge < -0.3 is 20.4 Å². The summed E-state index contributed by atoms with van der Waals surface area (Å²) < 4.78 is 0. The van der Waals surface area contributed by atoms with Crippen LogP contribution in [0.4, 0.5) is 0 Å². The van der Waals surface area contributed by atoms with Gasteiger partial charge in [-0.05, 0) is 44.7 Å². The van der Waals surface area contributed by atoms with E-state index >= 15 is 0 Å². The molecule has 2 rings (SSSR count). The van der Waals surface area contributed by atoms with E-state index in [-0.39, 0.29) is 6.54 Å². The van der Waals surface area contributed by atoms with Gasteiger partial charge in [0, 0.05) is 13.1 Å². The van der Waals surface area contributed by atoms with Crippen molar-refractivity contribution in [1.82, 2.24) is 10.2 Å². The third-order valence-electron chi connectivity index (χ3n) is 4.36. The maximum Gasteiger partial charge on any atom is 0.317 e. The van der Waals surface area contributed by atoms with Gasteiger partial charge in [-0.3, -0.25) is 4.79 Å². The number of hydrogen-bond acceptors (Lipinski definition) is 4. The van der Waals surface area contributed by atoms with Crippen LogP contribution in [0.15, 0.2) is 0 Å². The van der Waals surface area contributed by atoms with Gasteiger partial charge in [0.1, 0.15) is 0 Å². The number of carbonyl (C=O) groups is 1. The third kappa shape index (κ3) is 4.75. The average Bonchev–Trinajstić information content (AvgIpc) is 2.75. The van der Waals surface area contributed by atoms with Crippen LogP contribution in [0.2, 0.25) is 0 Å². The molecule has 5 heteroatoms. The monoisotopic (exact) mass is 270 g/mol. The first-order valence-corrected chi connectivity index (χ1v) is 7.45. The summed E-state index contributed by atoms with van der Waals surface area (Å²) in [5.74, 6) is -0.286. The number of nitrogens with zero attached hydrogens (tertiary/aromatic N) is 1. The predicted molar refractivity (Wildman–Crippen MR) is 73.1 cm³/mol. The summed E-state index contributed by atoms with van der Waals surface area (Å²) in [6.07, 6.45) is 6.47. The van der Waals surface area contributed by atoms with Crippen molar-refractivity contribution in [2.24, 2.45) is 5.92 Å². The number of piperidine rings is 1. The van der Waals surface area contributed by atoms with E-state index in [4.69, 9.17) is 5.11 Å². The van der Waals surface area contributed by atoms with Gasteiger partial charge in [0.2, 0.25) is 0 Å². The lowest BCUT2D eigenvalue weighted by molar-refractivity contribution is -0.136. The highest BCUT2D eigenvalue weighted by Gasteiger charge is 2.34. The largest absolute Gasteiger partial charge is 0.480 e. The Morgan fingerprint density at radius 2 is 2.05 bits per heavy atom. The Morgan fingerprint density at radius 1 is 1.32 bits per heavy atom. The number of β-amino-alcohol motifs (C(OH)–C–C–N with tert-alkyl or cyclic N) is 1. The fourth-order valence-electron chi connectivity index (χ4n) is 3.45. The minimum atomic E-state index is -0.798. The van der Waals surface area contributed by atoms with Crippen molar-refractivity contribution in [3.63, 3.8) is 0 Å². The number of carboxylic acid groups (broad SMARTS) is 1. The number of nitrogens with one attached hydrogen (secondary N) is 1. The topological polar surface area (TPSA) is 72.8 Å². The van der Waals surface area contributed by atoms with Crippen molar-refractivity contribution in [3.8, 4) is 0 Å². The van der Waals surface area contributed by atoms with Crippen molar-refractivity contribution in [2.45, 2.75) is 44.1 Å². The van der Waals surface area contributed by atoms with Gasteiger partial charge in [-0.2, -0.15) is 0 Å². The van der Waals surface area contributed by atoms with E-state index in [0.717, 1.165) is 64.7 Å². The maximum atomic E-state index is 10.5. The fraction of sp³-hybridized carbons (Fsp3) is 0.929. The van der Waals surface area contributed by atoms with E-state index in [0.29, 0.717) is 5.92 Å². The zero-order valence-electron chi connectivity index (χ0n) is 11.6. The van der Waals surface area contributed by atoms with Crippen molar-refractivity contribution in [1.29, 1.82) is 0 Å². The first-order valence-electron chi connectivity index (χ1n) is 7.45. The first kappa shape index (κ1) is 14.8. The molecule has 1 heterocycles. The Bertz CT molecular complexity index is 303. The second-order valence-corrected chi connectivity index (χ2v) is 6.20. The molecule has 5 nitrogen and oxygen atoms in total. The summed E-state index contributed by atoms with van der Waals surface area (Å²) in [7, 11) is 0. The Balaban J connectivity index is 1.72. The van der Waals surface area contributed by atoms with Crippen LogP contribution in [0.5, 0.6) is 0 Å². The fourth-order valence-corrected chi connectivity index (χ4v) is 3.45. The molecule has 1 atom stereocenters. The lowest BCUT2D eigenvalue weighted by Gasteiger charge is -2.37. The lowest BCUT2D eigenvalue weighted by atomic mass is 9.95. The number of hydrogen-bond donors (Lipinski definition) is 3. The SMILES string of the molecule is O=C(O)CNCC1CCCN(CC2(O)CCCC2)C1. The molecule has 0 aromatic rings. The second-order valence-electron chi connectivity index (χ2n) is 6.20. The molecule has 1 unspecified atom stereocenters. The summed E-state index contributed by atoms with van der Waals surface area (Å²) in [6.45, 7) is 3.65. The van der Waals surface area contributed by atoms with Crippen LogP contribution in [-0.2, 0) is 4.79 Å². The molecule has 2 aliphatic rings. The summed E-state index contributed by atoms with van der Waals surface area (Å²) >= 11 is 0. The highest BCUT2D eigenvalue weighted by atomic mass is 16.4. The molecule has 0 spiro atoms. The Labute approximate surface area is 115 Å². The van der Waals surface area contributed by atoms with Crippen LogP contribution in [0.25, 0.3) is 0 Å². The van der Waals surface area contributed by atoms with E-state index in [9.17, 15) is 9.90 Å². The number of likely N-dealkylation sites (tertiary alicyclic amines) is 1. The molecule has 1 saturated carbocycles. The summed E-state index contributed by atoms with van der Waals surface area (Å²) in [4.78, 5) is 12.8. The lowest BCUT2D eigenvalue weighted by Crippen LogP contribution is -2.47. The van der Waals surface area contributed by atoms with Gasteiger partial charge in [-0.25, -0.2) is 0 Å². The first-order chi connectivity index (χ1) is 9.07. The van der Waals surface area contributed by atoms with Gasteiger partial charge in [0.25, 0.3) is 0 Å². The third-order valence-corrected chi connectivity index (χ3v) is 4.36. The number of aliphatic carboxylic acids is 1. The highest BCUT2D eigenvalue weighted by Crippen LogP contribution is 2.31. The van der Waals surface area contributed by atoms with E-state index in [2.05, 4.69) is 10.2 Å². The van der Waals surface area contributed by atoms with E-state index in [1.54, 1.807) is 0 Å². The van der Waals surface area contributed by atoms with Crippen molar-refractivity contribution < 1.29 is 15.0 Å². The normalized spacial score (nSPS) is 27.5. The molecule has 0 aromatic heterocycles. The molecular formula is C14H26N2O3. The predicted octanol–water partition coefficient (Wildman–Crippen LogP) is 0.678. The molecule has 1 aliphatic heterocycles. The minimum absolute atomic E-state index is 0.0421. The van der Waals surface area contributed by atoms with E-state index < -0.39 is 11.6 Å². The molecule has 1 saturated heterocycles. The number of rotatable bonds is 6. The van der Waals surface area contributed by atoms with Gasteiger partial charge in [-0.1, -0.05) is 12.8 Å². The summed E-state index contributed by atoms with van der Waals surface area (Å²) in [5, 5.41) is 22.0. The standard InChI is InChI=1S/C14H26N2O3/c17-13(18)9-15-8-12-4-3-7-16(10-12)11-14(19)5-1-2-6-14/h12,15,19H,1-11H2,(H,17,18). The zero-order valence-corrected chi connectivity index (χ0v) is 11.6. The van der Waals surface area contributed by atoms with Crippen molar-refractivity contribution >= 4 is 5.97 Å². The van der Waals surface area contributed by atoms with Crippen LogP contribution in [0, 0.1) is 5.92 Å². The quantitative estimate of drug-likeness (QED) is 0.662. The Hall–Kier alpha value is -0.650. The maximum absolute atomic E-state index is 10.5. The van der Waals surface area contributed by atoms with Crippen LogP contribution in [-0.4, -0.2) is 59.4 Å². The second kappa shape index (κ2) is 6.68. The molecule has 0 radical (unpaired) electrons. The Morgan fingerprint density at radius 3 is 2.74 bits per heavy atom. The Kier molecular flexibility index (Phi) is 5.19. The number of carboxylic acids is 1. The minimum Gasteiger partial charge on any atom is -0.480 e. The highest BCUT2D eigenvalue weighted by molar-refractivity contribution is 5.68. The van der Waals surface area contributed by atoms with E-state index in [1.165, 1.54) is 0 Å². The molecule has 0 aromatic carbocycles. The van der Waals surface area contributed by atoms with Gasteiger partial charge in [0.05, 0.1) is 12.1 Å². The van der Waals surface area contributed by atoms with E-state index in [1.807, 2.05) is 0 Å². The van der Waals surface area contributed by atoms with Crippen LogP contribution in [0.3, 0.4) is 0 Å².